The lowest BCUT2D eigenvalue weighted by Crippen LogP contribution is -2.40. The SMILES string of the molecule is C#Cc1ccc(NCc2cc3n(n2)CCN(c2ccc(F)cc2)C3=O)cc1. The molecule has 4 rings (SSSR count). The molecule has 1 aromatic heterocycles. The van der Waals surface area contributed by atoms with E-state index in [1.165, 1.54) is 12.1 Å². The summed E-state index contributed by atoms with van der Waals surface area (Å²) in [5, 5.41) is 7.78. The van der Waals surface area contributed by atoms with Crippen molar-refractivity contribution in [2.24, 2.45) is 0 Å². The van der Waals surface area contributed by atoms with Crippen LogP contribution in [0.5, 0.6) is 0 Å². The molecule has 27 heavy (non-hydrogen) atoms. The molecule has 1 aliphatic heterocycles. The van der Waals surface area contributed by atoms with Gasteiger partial charge in [0, 0.05) is 23.5 Å². The van der Waals surface area contributed by atoms with Crippen LogP contribution < -0.4 is 10.2 Å². The zero-order valence-electron chi connectivity index (χ0n) is 14.5. The van der Waals surface area contributed by atoms with E-state index in [-0.39, 0.29) is 11.7 Å². The van der Waals surface area contributed by atoms with E-state index in [9.17, 15) is 9.18 Å². The molecule has 0 saturated carbocycles. The van der Waals surface area contributed by atoms with Gasteiger partial charge in [-0.25, -0.2) is 4.39 Å². The predicted octanol–water partition coefficient (Wildman–Crippen LogP) is 3.28. The number of carbonyl (C=O) groups excluding carboxylic acids is 1. The number of hydrogen-bond donors (Lipinski definition) is 1. The second-order valence-corrected chi connectivity index (χ2v) is 6.25. The first-order chi connectivity index (χ1) is 13.1. The summed E-state index contributed by atoms with van der Waals surface area (Å²) >= 11 is 0. The van der Waals surface area contributed by atoms with Crippen LogP contribution in [0.25, 0.3) is 0 Å². The van der Waals surface area contributed by atoms with E-state index in [0.29, 0.717) is 31.0 Å². The van der Waals surface area contributed by atoms with Crippen LogP contribution in [0.2, 0.25) is 0 Å². The van der Waals surface area contributed by atoms with Gasteiger partial charge in [-0.3, -0.25) is 9.48 Å². The summed E-state index contributed by atoms with van der Waals surface area (Å²) in [7, 11) is 0. The van der Waals surface area contributed by atoms with Gasteiger partial charge in [0.25, 0.3) is 5.91 Å². The van der Waals surface area contributed by atoms with Gasteiger partial charge in [0.1, 0.15) is 11.5 Å². The quantitative estimate of drug-likeness (QED) is 0.727. The van der Waals surface area contributed by atoms with Crippen LogP contribution in [0, 0.1) is 18.2 Å². The van der Waals surface area contributed by atoms with Gasteiger partial charge in [-0.05, 0) is 54.6 Å². The Morgan fingerprint density at radius 3 is 2.56 bits per heavy atom. The number of nitrogens with one attached hydrogen (secondary N) is 1. The molecule has 2 heterocycles. The molecule has 2 aromatic carbocycles. The lowest BCUT2D eigenvalue weighted by atomic mass is 10.2. The zero-order valence-corrected chi connectivity index (χ0v) is 14.5. The second kappa shape index (κ2) is 6.96. The van der Waals surface area contributed by atoms with Crippen molar-refractivity contribution in [1.29, 1.82) is 0 Å². The molecule has 0 unspecified atom stereocenters. The number of halogens is 1. The molecule has 1 amide bonds. The standard InChI is InChI=1S/C21H17FN4O/c1-2-15-3-7-17(8-4-15)23-14-18-13-20-21(27)25(11-12-26(20)24-18)19-9-5-16(22)6-10-19/h1,3-10,13,23H,11-12,14H2. The molecule has 6 heteroatoms. The lowest BCUT2D eigenvalue weighted by molar-refractivity contribution is 0.0962. The molecule has 0 radical (unpaired) electrons. The van der Waals surface area contributed by atoms with Gasteiger partial charge in [0.05, 0.1) is 18.8 Å². The van der Waals surface area contributed by atoms with E-state index in [4.69, 9.17) is 6.42 Å². The Balaban J connectivity index is 1.48. The van der Waals surface area contributed by atoms with Gasteiger partial charge in [0.2, 0.25) is 0 Å². The van der Waals surface area contributed by atoms with Crippen molar-refractivity contribution in [3.8, 4) is 12.3 Å². The molecule has 0 aliphatic carbocycles. The molecular weight excluding hydrogens is 343 g/mol. The Morgan fingerprint density at radius 1 is 1.11 bits per heavy atom. The average molecular weight is 360 g/mol. The summed E-state index contributed by atoms with van der Waals surface area (Å²) in [6, 6.07) is 15.3. The summed E-state index contributed by atoms with van der Waals surface area (Å²) in [5.74, 6) is 2.12. The number of amides is 1. The van der Waals surface area contributed by atoms with E-state index in [2.05, 4.69) is 16.3 Å². The molecule has 1 aliphatic rings. The number of anilines is 2. The zero-order chi connectivity index (χ0) is 18.8. The number of fused-ring (bicyclic) bond motifs is 1. The molecule has 0 bridgehead atoms. The van der Waals surface area contributed by atoms with Crippen molar-refractivity contribution in [2.75, 3.05) is 16.8 Å². The smallest absolute Gasteiger partial charge is 0.276 e. The van der Waals surface area contributed by atoms with Crippen molar-refractivity contribution in [3.63, 3.8) is 0 Å². The van der Waals surface area contributed by atoms with Gasteiger partial charge in [-0.1, -0.05) is 5.92 Å². The van der Waals surface area contributed by atoms with Crippen LogP contribution in [-0.4, -0.2) is 22.2 Å². The minimum Gasteiger partial charge on any atom is -0.379 e. The van der Waals surface area contributed by atoms with Crippen LogP contribution in [-0.2, 0) is 13.1 Å². The average Bonchev–Trinajstić information content (AvgIpc) is 3.12. The Hall–Kier alpha value is -3.59. The minimum atomic E-state index is -0.322. The Morgan fingerprint density at radius 2 is 1.85 bits per heavy atom. The van der Waals surface area contributed by atoms with Gasteiger partial charge < -0.3 is 10.2 Å². The number of rotatable bonds is 4. The van der Waals surface area contributed by atoms with E-state index in [1.807, 2.05) is 24.3 Å². The number of benzene rings is 2. The summed E-state index contributed by atoms with van der Waals surface area (Å²) in [5.41, 5.74) is 3.75. The molecule has 0 spiro atoms. The van der Waals surface area contributed by atoms with Crippen molar-refractivity contribution in [3.05, 3.63) is 77.4 Å². The maximum Gasteiger partial charge on any atom is 0.276 e. The molecule has 0 fully saturated rings. The molecular formula is C21H17FN4O. The Bertz CT molecular complexity index is 1020. The van der Waals surface area contributed by atoms with Gasteiger partial charge in [-0.2, -0.15) is 5.10 Å². The van der Waals surface area contributed by atoms with Crippen molar-refractivity contribution in [1.82, 2.24) is 9.78 Å². The van der Waals surface area contributed by atoms with Crippen molar-refractivity contribution in [2.45, 2.75) is 13.1 Å². The molecule has 0 saturated heterocycles. The number of carbonyl (C=O) groups is 1. The van der Waals surface area contributed by atoms with Crippen LogP contribution in [0.15, 0.2) is 54.6 Å². The maximum absolute atomic E-state index is 13.1. The normalized spacial score (nSPS) is 13.2. The van der Waals surface area contributed by atoms with E-state index < -0.39 is 0 Å². The second-order valence-electron chi connectivity index (χ2n) is 6.25. The summed E-state index contributed by atoms with van der Waals surface area (Å²) in [4.78, 5) is 14.4. The molecule has 5 nitrogen and oxygen atoms in total. The highest BCUT2D eigenvalue weighted by Crippen LogP contribution is 2.22. The summed E-state index contributed by atoms with van der Waals surface area (Å²) < 4.78 is 14.8. The third-order valence-electron chi connectivity index (χ3n) is 4.49. The Labute approximate surface area is 156 Å². The van der Waals surface area contributed by atoms with Crippen LogP contribution >= 0.6 is 0 Å². The summed E-state index contributed by atoms with van der Waals surface area (Å²) in [6.07, 6.45) is 5.36. The number of terminal acetylenes is 1. The highest BCUT2D eigenvalue weighted by Gasteiger charge is 2.27. The first-order valence-electron chi connectivity index (χ1n) is 8.59. The topological polar surface area (TPSA) is 50.2 Å². The lowest BCUT2D eigenvalue weighted by Gasteiger charge is -2.27. The van der Waals surface area contributed by atoms with E-state index in [0.717, 1.165) is 16.9 Å². The molecule has 0 atom stereocenters. The minimum absolute atomic E-state index is 0.134. The number of aromatic nitrogens is 2. The third kappa shape index (κ3) is 3.40. The highest BCUT2D eigenvalue weighted by atomic mass is 19.1. The predicted molar refractivity (Wildman–Crippen MR) is 102 cm³/mol. The molecule has 1 N–H and O–H groups in total. The number of hydrogen-bond acceptors (Lipinski definition) is 3. The van der Waals surface area contributed by atoms with Gasteiger partial charge >= 0.3 is 0 Å². The largest absolute Gasteiger partial charge is 0.379 e. The fourth-order valence-electron chi connectivity index (χ4n) is 3.08. The third-order valence-corrected chi connectivity index (χ3v) is 4.49. The summed E-state index contributed by atoms with van der Waals surface area (Å²) in [6.45, 7) is 1.59. The fraction of sp³-hybridized carbons (Fsp3) is 0.143. The fourth-order valence-corrected chi connectivity index (χ4v) is 3.08. The maximum atomic E-state index is 13.1. The van der Waals surface area contributed by atoms with Gasteiger partial charge in [0.15, 0.2) is 0 Å². The first kappa shape index (κ1) is 16.9. The van der Waals surface area contributed by atoms with E-state index in [1.54, 1.807) is 27.8 Å². The van der Waals surface area contributed by atoms with Crippen molar-refractivity contribution < 1.29 is 9.18 Å². The van der Waals surface area contributed by atoms with Crippen molar-refractivity contribution >= 4 is 17.3 Å². The Kier molecular flexibility index (Phi) is 4.35. The van der Waals surface area contributed by atoms with Crippen LogP contribution in [0.1, 0.15) is 21.7 Å². The van der Waals surface area contributed by atoms with Crippen LogP contribution in [0.3, 0.4) is 0 Å². The first-order valence-corrected chi connectivity index (χ1v) is 8.59. The highest BCUT2D eigenvalue weighted by molar-refractivity contribution is 6.05. The molecule has 134 valence electrons. The molecule has 3 aromatic rings. The van der Waals surface area contributed by atoms with Crippen LogP contribution in [0.4, 0.5) is 15.8 Å². The monoisotopic (exact) mass is 360 g/mol. The van der Waals surface area contributed by atoms with Gasteiger partial charge in [-0.15, -0.1) is 6.42 Å². The van der Waals surface area contributed by atoms with E-state index >= 15 is 0 Å². The number of nitrogens with zero attached hydrogens (tertiary/aromatic N) is 3.